The normalized spacial score (nSPS) is 10.6. The molecular formula is C21H17Br2Cl2NO2. The minimum Gasteiger partial charge on any atom is -0.497 e. The van der Waals surface area contributed by atoms with Gasteiger partial charge in [0.2, 0.25) is 0 Å². The molecule has 3 rings (SSSR count). The Kier molecular flexibility index (Phi) is 7.52. The number of methoxy groups -OCH3 is 1. The van der Waals surface area contributed by atoms with E-state index in [4.69, 9.17) is 32.7 Å². The standard InChI is InChI=1S/C21H17Br2Cl2NO2/c1-27-17-6-4-16(5-7-17)26-11-13-8-18(22)21(19(23)9-13)28-12-14-2-3-15(24)10-20(14)25/h2-10,26H,11-12H2,1H3. The molecule has 3 nitrogen and oxygen atoms in total. The Bertz CT molecular complexity index is 942. The van der Waals surface area contributed by atoms with Gasteiger partial charge in [0.25, 0.3) is 0 Å². The Morgan fingerprint density at radius 3 is 2.21 bits per heavy atom. The van der Waals surface area contributed by atoms with Gasteiger partial charge in [-0.1, -0.05) is 29.3 Å². The Morgan fingerprint density at radius 1 is 0.929 bits per heavy atom. The number of anilines is 1. The summed E-state index contributed by atoms with van der Waals surface area (Å²) in [5.74, 6) is 1.55. The lowest BCUT2D eigenvalue weighted by Crippen LogP contribution is -2.02. The van der Waals surface area contributed by atoms with Crippen molar-refractivity contribution in [3.63, 3.8) is 0 Å². The molecule has 0 radical (unpaired) electrons. The molecule has 146 valence electrons. The first-order valence-corrected chi connectivity index (χ1v) is 10.7. The number of ether oxygens (including phenoxy) is 2. The fraction of sp³-hybridized carbons (Fsp3) is 0.143. The molecule has 3 aromatic rings. The SMILES string of the molecule is COc1ccc(NCc2cc(Br)c(OCc3ccc(Cl)cc3Cl)c(Br)c2)cc1. The maximum absolute atomic E-state index is 6.22. The summed E-state index contributed by atoms with van der Waals surface area (Å²) in [5.41, 5.74) is 2.99. The smallest absolute Gasteiger partial charge is 0.148 e. The van der Waals surface area contributed by atoms with Crippen molar-refractivity contribution in [1.82, 2.24) is 0 Å². The van der Waals surface area contributed by atoms with E-state index in [1.165, 1.54) is 0 Å². The number of halogens is 4. The van der Waals surface area contributed by atoms with Gasteiger partial charge in [0.05, 0.1) is 16.1 Å². The Morgan fingerprint density at radius 2 is 1.61 bits per heavy atom. The molecule has 0 unspecified atom stereocenters. The number of nitrogens with one attached hydrogen (secondary N) is 1. The van der Waals surface area contributed by atoms with Gasteiger partial charge in [-0.15, -0.1) is 0 Å². The predicted octanol–water partition coefficient (Wildman–Crippen LogP) is 7.72. The summed E-state index contributed by atoms with van der Waals surface area (Å²) in [4.78, 5) is 0. The third-order valence-corrected chi connectivity index (χ3v) is 5.80. The maximum Gasteiger partial charge on any atom is 0.148 e. The van der Waals surface area contributed by atoms with Crippen molar-refractivity contribution >= 4 is 60.7 Å². The van der Waals surface area contributed by atoms with E-state index in [0.29, 0.717) is 23.2 Å². The Hall–Kier alpha value is -1.40. The first-order valence-electron chi connectivity index (χ1n) is 8.39. The molecular weight excluding hydrogens is 529 g/mol. The van der Waals surface area contributed by atoms with E-state index in [0.717, 1.165) is 37.3 Å². The lowest BCUT2D eigenvalue weighted by molar-refractivity contribution is 0.302. The van der Waals surface area contributed by atoms with Crippen LogP contribution < -0.4 is 14.8 Å². The molecule has 0 saturated carbocycles. The third-order valence-electron chi connectivity index (χ3n) is 4.03. The highest BCUT2D eigenvalue weighted by atomic mass is 79.9. The topological polar surface area (TPSA) is 30.5 Å². The molecule has 1 N–H and O–H groups in total. The lowest BCUT2D eigenvalue weighted by Gasteiger charge is -2.14. The van der Waals surface area contributed by atoms with Gasteiger partial charge < -0.3 is 14.8 Å². The summed E-state index contributed by atoms with van der Waals surface area (Å²) in [5, 5.41) is 4.57. The minimum atomic E-state index is 0.344. The zero-order valence-corrected chi connectivity index (χ0v) is 19.6. The molecule has 28 heavy (non-hydrogen) atoms. The second kappa shape index (κ2) is 9.88. The van der Waals surface area contributed by atoms with Gasteiger partial charge in [0, 0.05) is 27.8 Å². The van der Waals surface area contributed by atoms with E-state index in [1.807, 2.05) is 42.5 Å². The highest BCUT2D eigenvalue weighted by Gasteiger charge is 2.11. The van der Waals surface area contributed by atoms with Crippen molar-refractivity contribution in [2.75, 3.05) is 12.4 Å². The number of hydrogen-bond acceptors (Lipinski definition) is 3. The van der Waals surface area contributed by atoms with Crippen LogP contribution in [0.25, 0.3) is 0 Å². The van der Waals surface area contributed by atoms with Crippen LogP contribution in [0, 0.1) is 0 Å². The molecule has 3 aromatic carbocycles. The summed E-state index contributed by atoms with van der Waals surface area (Å²) >= 11 is 19.3. The van der Waals surface area contributed by atoms with Crippen LogP contribution in [0.1, 0.15) is 11.1 Å². The van der Waals surface area contributed by atoms with Crippen molar-refractivity contribution in [2.45, 2.75) is 13.2 Å². The molecule has 0 bridgehead atoms. The number of benzene rings is 3. The molecule has 0 amide bonds. The summed E-state index contributed by atoms with van der Waals surface area (Å²) in [6.07, 6.45) is 0. The highest BCUT2D eigenvalue weighted by molar-refractivity contribution is 9.11. The molecule has 0 aliphatic heterocycles. The highest BCUT2D eigenvalue weighted by Crippen LogP contribution is 2.36. The van der Waals surface area contributed by atoms with E-state index >= 15 is 0 Å². The summed E-state index contributed by atoms with van der Waals surface area (Å²) in [6.45, 7) is 1.02. The fourth-order valence-electron chi connectivity index (χ4n) is 2.55. The van der Waals surface area contributed by atoms with Gasteiger partial charge in [-0.2, -0.15) is 0 Å². The van der Waals surface area contributed by atoms with Crippen LogP contribution in [-0.2, 0) is 13.2 Å². The van der Waals surface area contributed by atoms with E-state index < -0.39 is 0 Å². The number of rotatable bonds is 7. The Labute approximate surface area is 191 Å². The summed E-state index contributed by atoms with van der Waals surface area (Å²) in [6, 6.07) is 17.2. The van der Waals surface area contributed by atoms with Crippen molar-refractivity contribution < 1.29 is 9.47 Å². The van der Waals surface area contributed by atoms with E-state index in [9.17, 15) is 0 Å². The summed E-state index contributed by atoms with van der Waals surface area (Å²) < 4.78 is 12.9. The molecule has 0 aliphatic carbocycles. The van der Waals surface area contributed by atoms with Crippen molar-refractivity contribution in [3.05, 3.63) is 84.7 Å². The van der Waals surface area contributed by atoms with Gasteiger partial charge in [0.15, 0.2) is 0 Å². The van der Waals surface area contributed by atoms with Crippen molar-refractivity contribution in [3.8, 4) is 11.5 Å². The predicted molar refractivity (Wildman–Crippen MR) is 123 cm³/mol. The fourth-order valence-corrected chi connectivity index (χ4v) is 4.53. The quantitative estimate of drug-likeness (QED) is 0.330. The first kappa shape index (κ1) is 21.3. The van der Waals surface area contributed by atoms with Gasteiger partial charge in [-0.3, -0.25) is 0 Å². The molecule has 0 heterocycles. The van der Waals surface area contributed by atoms with E-state index in [1.54, 1.807) is 19.2 Å². The zero-order valence-electron chi connectivity index (χ0n) is 14.9. The molecule has 0 aromatic heterocycles. The van der Waals surface area contributed by atoms with Gasteiger partial charge in [-0.25, -0.2) is 0 Å². The minimum absolute atomic E-state index is 0.344. The van der Waals surface area contributed by atoms with Gasteiger partial charge >= 0.3 is 0 Å². The van der Waals surface area contributed by atoms with Gasteiger partial charge in [0.1, 0.15) is 18.1 Å². The zero-order chi connectivity index (χ0) is 20.1. The van der Waals surface area contributed by atoms with Crippen molar-refractivity contribution in [2.24, 2.45) is 0 Å². The monoisotopic (exact) mass is 543 g/mol. The van der Waals surface area contributed by atoms with Crippen LogP contribution in [0.2, 0.25) is 10.0 Å². The number of hydrogen-bond donors (Lipinski definition) is 1. The first-order chi connectivity index (χ1) is 13.5. The van der Waals surface area contributed by atoms with Crippen LogP contribution in [0.5, 0.6) is 11.5 Å². The third kappa shape index (κ3) is 5.57. The summed E-state index contributed by atoms with van der Waals surface area (Å²) in [7, 11) is 1.65. The second-order valence-corrected chi connectivity index (χ2v) is 8.55. The molecule has 0 aliphatic rings. The second-order valence-electron chi connectivity index (χ2n) is 6.00. The van der Waals surface area contributed by atoms with E-state index in [2.05, 4.69) is 37.2 Å². The van der Waals surface area contributed by atoms with Gasteiger partial charge in [-0.05, 0) is 86.0 Å². The average molecular weight is 546 g/mol. The van der Waals surface area contributed by atoms with E-state index in [-0.39, 0.29) is 0 Å². The average Bonchev–Trinajstić information content (AvgIpc) is 2.67. The van der Waals surface area contributed by atoms with Crippen LogP contribution in [0.4, 0.5) is 5.69 Å². The van der Waals surface area contributed by atoms with Crippen LogP contribution in [0.3, 0.4) is 0 Å². The maximum atomic E-state index is 6.22. The molecule has 0 saturated heterocycles. The molecule has 7 heteroatoms. The Balaban J connectivity index is 1.66. The molecule has 0 atom stereocenters. The van der Waals surface area contributed by atoms with Crippen molar-refractivity contribution in [1.29, 1.82) is 0 Å². The lowest BCUT2D eigenvalue weighted by atomic mass is 10.2. The molecule has 0 spiro atoms. The largest absolute Gasteiger partial charge is 0.497 e. The van der Waals surface area contributed by atoms with Crippen LogP contribution in [0.15, 0.2) is 63.5 Å². The van der Waals surface area contributed by atoms with Crippen LogP contribution in [-0.4, -0.2) is 7.11 Å². The molecule has 0 fully saturated rings. The van der Waals surface area contributed by atoms with Crippen LogP contribution >= 0.6 is 55.1 Å².